The minimum absolute atomic E-state index is 0.135. The molecule has 0 aliphatic carbocycles. The van der Waals surface area contributed by atoms with Crippen molar-refractivity contribution >= 4 is 11.9 Å². The van der Waals surface area contributed by atoms with E-state index in [9.17, 15) is 18.3 Å². The van der Waals surface area contributed by atoms with E-state index in [0.717, 1.165) is 17.7 Å². The first-order valence-corrected chi connectivity index (χ1v) is 7.13. The van der Waals surface area contributed by atoms with Crippen LogP contribution in [0.1, 0.15) is 37.5 Å². The van der Waals surface area contributed by atoms with Crippen LogP contribution in [0.5, 0.6) is 5.75 Å². The quantitative estimate of drug-likeness (QED) is 0.732. The van der Waals surface area contributed by atoms with Gasteiger partial charge in [0.2, 0.25) is 0 Å². The molecule has 0 bridgehead atoms. The Kier molecular flexibility index (Phi) is 4.50. The number of hydrogen-bond donors (Lipinski definition) is 1. The summed E-state index contributed by atoms with van der Waals surface area (Å²) < 4.78 is 37.5. The zero-order valence-electron chi connectivity index (χ0n) is 13.1. The number of alkyl halides is 3. The van der Waals surface area contributed by atoms with Gasteiger partial charge in [-0.2, -0.15) is 13.2 Å². The number of para-hydroxylation sites is 1. The molecule has 5 heteroatoms. The van der Waals surface area contributed by atoms with Gasteiger partial charge in [0.25, 0.3) is 0 Å². The third-order valence-electron chi connectivity index (χ3n) is 3.42. The summed E-state index contributed by atoms with van der Waals surface area (Å²) in [6.07, 6.45) is -2.91. The van der Waals surface area contributed by atoms with E-state index >= 15 is 0 Å². The van der Waals surface area contributed by atoms with Gasteiger partial charge in [-0.25, -0.2) is 0 Å². The van der Waals surface area contributed by atoms with Crippen LogP contribution in [0.15, 0.2) is 47.5 Å². The summed E-state index contributed by atoms with van der Waals surface area (Å²) >= 11 is 0. The zero-order valence-corrected chi connectivity index (χ0v) is 13.1. The summed E-state index contributed by atoms with van der Waals surface area (Å²) in [5.74, 6) is 0.135. The molecular formula is C18H18F3NO. The molecule has 0 radical (unpaired) electrons. The van der Waals surface area contributed by atoms with Gasteiger partial charge in [-0.3, -0.25) is 4.99 Å². The monoisotopic (exact) mass is 321 g/mol. The Balaban J connectivity index is 2.27. The molecular weight excluding hydrogens is 303 g/mol. The number of benzene rings is 2. The van der Waals surface area contributed by atoms with Crippen molar-refractivity contribution in [3.8, 4) is 5.75 Å². The fourth-order valence-electron chi connectivity index (χ4n) is 2.15. The first kappa shape index (κ1) is 17.1. The molecule has 122 valence electrons. The van der Waals surface area contributed by atoms with Crippen LogP contribution < -0.4 is 0 Å². The molecule has 0 atom stereocenters. The predicted molar refractivity (Wildman–Crippen MR) is 85.5 cm³/mol. The highest BCUT2D eigenvalue weighted by Crippen LogP contribution is 2.33. The van der Waals surface area contributed by atoms with Gasteiger partial charge in [-0.15, -0.1) is 0 Å². The smallest absolute Gasteiger partial charge is 0.416 e. The fourth-order valence-corrected chi connectivity index (χ4v) is 2.15. The molecule has 23 heavy (non-hydrogen) atoms. The number of halogens is 3. The molecule has 1 N–H and O–H groups in total. The summed E-state index contributed by atoms with van der Waals surface area (Å²) in [6.45, 7) is 5.95. The molecule has 0 aliphatic rings. The lowest BCUT2D eigenvalue weighted by Gasteiger charge is -2.21. The van der Waals surface area contributed by atoms with Crippen LogP contribution in [0, 0.1) is 0 Å². The number of nitrogens with zero attached hydrogens (tertiary/aromatic N) is 1. The van der Waals surface area contributed by atoms with Gasteiger partial charge in [-0.05, 0) is 41.3 Å². The summed E-state index contributed by atoms with van der Waals surface area (Å²) in [5.41, 5.74) is 0.765. The van der Waals surface area contributed by atoms with E-state index in [1.165, 1.54) is 18.3 Å². The van der Waals surface area contributed by atoms with Gasteiger partial charge < -0.3 is 5.11 Å². The number of phenols is 1. The molecule has 0 saturated carbocycles. The summed E-state index contributed by atoms with van der Waals surface area (Å²) in [6, 6.07) is 9.92. The average Bonchev–Trinajstić information content (AvgIpc) is 2.44. The first-order valence-electron chi connectivity index (χ1n) is 7.13. The van der Waals surface area contributed by atoms with Gasteiger partial charge >= 0.3 is 6.18 Å². The SMILES string of the molecule is CC(C)(C)c1cccc(C=Nc2ccc(C(F)(F)F)cc2)c1O. The standard InChI is InChI=1S/C18H18F3NO/c1-17(2,3)15-6-4-5-12(16(15)23)11-22-14-9-7-13(8-10-14)18(19,20)21/h4-11,23H,1-3H3. The van der Waals surface area contributed by atoms with E-state index < -0.39 is 11.7 Å². The highest BCUT2D eigenvalue weighted by atomic mass is 19.4. The lowest BCUT2D eigenvalue weighted by atomic mass is 9.85. The lowest BCUT2D eigenvalue weighted by Crippen LogP contribution is -2.11. The maximum absolute atomic E-state index is 12.5. The van der Waals surface area contributed by atoms with E-state index in [1.54, 1.807) is 6.07 Å². The topological polar surface area (TPSA) is 32.6 Å². The van der Waals surface area contributed by atoms with Crippen LogP contribution in [0.25, 0.3) is 0 Å². The molecule has 0 fully saturated rings. The minimum Gasteiger partial charge on any atom is -0.507 e. The maximum Gasteiger partial charge on any atom is 0.416 e. The molecule has 0 spiro atoms. The Morgan fingerprint density at radius 3 is 2.09 bits per heavy atom. The maximum atomic E-state index is 12.5. The second-order valence-electron chi connectivity index (χ2n) is 6.30. The van der Waals surface area contributed by atoms with Gasteiger partial charge in [0.15, 0.2) is 0 Å². The third kappa shape index (κ3) is 4.12. The Labute approximate surface area is 133 Å². The van der Waals surface area contributed by atoms with Crippen molar-refractivity contribution < 1.29 is 18.3 Å². The predicted octanol–water partition coefficient (Wildman–Crippen LogP) is 5.46. The normalized spacial score (nSPS) is 12.8. The molecule has 0 aromatic heterocycles. The molecule has 0 heterocycles. The van der Waals surface area contributed by atoms with Gasteiger partial charge in [-0.1, -0.05) is 32.9 Å². The minimum atomic E-state index is -4.36. The van der Waals surface area contributed by atoms with Crippen LogP contribution in [0.4, 0.5) is 18.9 Å². The fraction of sp³-hybridized carbons (Fsp3) is 0.278. The van der Waals surface area contributed by atoms with Crippen LogP contribution in [0.2, 0.25) is 0 Å². The van der Waals surface area contributed by atoms with Crippen molar-refractivity contribution in [3.63, 3.8) is 0 Å². The second-order valence-corrected chi connectivity index (χ2v) is 6.30. The van der Waals surface area contributed by atoms with Gasteiger partial charge in [0.05, 0.1) is 11.3 Å². The van der Waals surface area contributed by atoms with Crippen LogP contribution in [0.3, 0.4) is 0 Å². The molecule has 0 unspecified atom stereocenters. The number of aliphatic imine (C=N–C) groups is 1. The van der Waals surface area contributed by atoms with Crippen molar-refractivity contribution in [2.45, 2.75) is 32.4 Å². The third-order valence-corrected chi connectivity index (χ3v) is 3.42. The summed E-state index contributed by atoms with van der Waals surface area (Å²) in [4.78, 5) is 4.13. The Hall–Kier alpha value is -2.30. The Morgan fingerprint density at radius 2 is 1.57 bits per heavy atom. The number of hydrogen-bond acceptors (Lipinski definition) is 2. The largest absolute Gasteiger partial charge is 0.507 e. The van der Waals surface area contributed by atoms with Crippen molar-refractivity contribution in [3.05, 3.63) is 59.2 Å². The average molecular weight is 321 g/mol. The van der Waals surface area contributed by atoms with Crippen LogP contribution >= 0.6 is 0 Å². The van der Waals surface area contributed by atoms with E-state index in [1.807, 2.05) is 32.9 Å². The zero-order chi connectivity index (χ0) is 17.3. The van der Waals surface area contributed by atoms with E-state index in [2.05, 4.69) is 4.99 Å². The molecule has 0 aliphatic heterocycles. The number of rotatable bonds is 2. The second kappa shape index (κ2) is 6.07. The highest BCUT2D eigenvalue weighted by Gasteiger charge is 2.29. The molecule has 0 saturated heterocycles. The van der Waals surface area contributed by atoms with Crippen molar-refractivity contribution in [1.82, 2.24) is 0 Å². The molecule has 2 nitrogen and oxygen atoms in total. The van der Waals surface area contributed by atoms with Crippen molar-refractivity contribution in [2.75, 3.05) is 0 Å². The van der Waals surface area contributed by atoms with E-state index in [-0.39, 0.29) is 11.2 Å². The van der Waals surface area contributed by atoms with E-state index in [4.69, 9.17) is 0 Å². The first-order chi connectivity index (χ1) is 10.6. The van der Waals surface area contributed by atoms with Crippen LogP contribution in [-0.2, 0) is 11.6 Å². The molecule has 2 aromatic rings. The summed E-state index contributed by atoms with van der Waals surface area (Å²) in [7, 11) is 0. The van der Waals surface area contributed by atoms with E-state index in [0.29, 0.717) is 11.3 Å². The number of phenolic OH excluding ortho intramolecular Hbond substituents is 1. The highest BCUT2D eigenvalue weighted by molar-refractivity contribution is 5.86. The Morgan fingerprint density at radius 1 is 0.957 bits per heavy atom. The Bertz CT molecular complexity index is 711. The lowest BCUT2D eigenvalue weighted by molar-refractivity contribution is -0.137. The van der Waals surface area contributed by atoms with Crippen molar-refractivity contribution in [1.29, 1.82) is 0 Å². The molecule has 2 aromatic carbocycles. The molecule has 2 rings (SSSR count). The molecule has 0 amide bonds. The van der Waals surface area contributed by atoms with Crippen molar-refractivity contribution in [2.24, 2.45) is 4.99 Å². The number of aromatic hydroxyl groups is 1. The summed E-state index contributed by atoms with van der Waals surface area (Å²) in [5, 5.41) is 10.3. The van der Waals surface area contributed by atoms with Gasteiger partial charge in [0, 0.05) is 11.8 Å². The van der Waals surface area contributed by atoms with Crippen LogP contribution in [-0.4, -0.2) is 11.3 Å². The van der Waals surface area contributed by atoms with Gasteiger partial charge in [0.1, 0.15) is 5.75 Å².